The van der Waals surface area contributed by atoms with Gasteiger partial charge >= 0.3 is 0 Å². The van der Waals surface area contributed by atoms with Gasteiger partial charge in [0.1, 0.15) is 5.60 Å². The number of halogens is 1. The number of fused-ring (bicyclic) bond motifs is 4. The summed E-state index contributed by atoms with van der Waals surface area (Å²) in [5.41, 5.74) is -2.14. The van der Waals surface area contributed by atoms with E-state index in [0.717, 1.165) is 25.7 Å². The molecule has 4 nitrogen and oxygen atoms in total. The van der Waals surface area contributed by atoms with Gasteiger partial charge in [0.2, 0.25) is 0 Å². The topological polar surface area (TPSA) is 72.7 Å². The van der Waals surface area contributed by atoms with Crippen LogP contribution in [0.15, 0.2) is 11.6 Å². The van der Waals surface area contributed by atoms with Crippen molar-refractivity contribution in [2.45, 2.75) is 88.2 Å². The Morgan fingerprint density at radius 2 is 1.81 bits per heavy atom. The molecule has 0 amide bonds. The number of allylic oxidation sites excluding steroid dienone is 1. The van der Waals surface area contributed by atoms with Crippen LogP contribution in [-0.4, -0.2) is 52.9 Å². The molecule has 0 saturated heterocycles. The molecule has 3 fully saturated rings. The summed E-state index contributed by atoms with van der Waals surface area (Å²) in [5.74, 6) is -0.0639. The molecule has 3 saturated carbocycles. The zero-order valence-corrected chi connectivity index (χ0v) is 16.5. The number of hydrogen-bond donors (Lipinski definition) is 4. The summed E-state index contributed by atoms with van der Waals surface area (Å²) in [4.78, 5) is 0. The molecule has 0 aromatic rings. The van der Waals surface area contributed by atoms with Crippen molar-refractivity contribution in [2.75, 3.05) is 14.1 Å². The zero-order chi connectivity index (χ0) is 19.2. The van der Waals surface area contributed by atoms with E-state index in [-0.39, 0.29) is 23.7 Å². The molecule has 4 aliphatic carbocycles. The molecular weight excluding hydrogens is 333 g/mol. The van der Waals surface area contributed by atoms with Gasteiger partial charge in [-0.05, 0) is 81.9 Å². The molecule has 0 aliphatic heterocycles. The first-order valence-electron chi connectivity index (χ1n) is 10.3. The van der Waals surface area contributed by atoms with Gasteiger partial charge in [-0.25, -0.2) is 4.39 Å². The molecule has 0 heterocycles. The highest BCUT2D eigenvalue weighted by Crippen LogP contribution is 2.61. The Hall–Kier alpha value is -0.490. The fourth-order valence-electron chi connectivity index (χ4n) is 6.31. The molecule has 0 bridgehead atoms. The average Bonchev–Trinajstić information content (AvgIpc) is 2.94. The lowest BCUT2D eigenvalue weighted by molar-refractivity contribution is -0.124. The van der Waals surface area contributed by atoms with Crippen LogP contribution < -0.4 is 5.32 Å². The first-order chi connectivity index (χ1) is 12.2. The van der Waals surface area contributed by atoms with Crippen molar-refractivity contribution in [3.63, 3.8) is 0 Å². The molecule has 6 unspecified atom stereocenters. The standard InChI is InChI=1S/C19H29FO3.C2H7N/c1-17-8-2-3-15(17)18(22)10-6-12-4-5-13(21)11-19(12,23)16(20)14(18)7-9-17;1-3-2/h7,12-13,15-16,21-23H,2-6,8-11H2,1H3;3H,1-2H3/t12?,13?,15?,16?,17?,18-,19?;/m1./s1. The maximum atomic E-state index is 15.5. The summed E-state index contributed by atoms with van der Waals surface area (Å²) in [6, 6.07) is 0. The number of aliphatic hydroxyl groups excluding tert-OH is 1. The molecule has 150 valence electrons. The summed E-state index contributed by atoms with van der Waals surface area (Å²) in [6.45, 7) is 2.22. The van der Waals surface area contributed by atoms with Gasteiger partial charge in [-0.2, -0.15) is 0 Å². The highest BCUT2D eigenvalue weighted by atomic mass is 19.1. The molecule has 7 atom stereocenters. The zero-order valence-electron chi connectivity index (χ0n) is 16.5. The summed E-state index contributed by atoms with van der Waals surface area (Å²) in [7, 11) is 3.75. The van der Waals surface area contributed by atoms with Crippen LogP contribution in [0.5, 0.6) is 0 Å². The number of alkyl halides is 1. The van der Waals surface area contributed by atoms with E-state index in [9.17, 15) is 15.3 Å². The van der Waals surface area contributed by atoms with Gasteiger partial charge in [-0.1, -0.05) is 19.4 Å². The molecule has 0 aromatic carbocycles. The van der Waals surface area contributed by atoms with Crippen molar-refractivity contribution >= 4 is 0 Å². The van der Waals surface area contributed by atoms with Crippen LogP contribution in [0.25, 0.3) is 0 Å². The van der Waals surface area contributed by atoms with E-state index < -0.39 is 23.5 Å². The fraction of sp³-hybridized carbons (Fsp3) is 0.905. The quantitative estimate of drug-likeness (QED) is 0.496. The van der Waals surface area contributed by atoms with Crippen LogP contribution in [0.4, 0.5) is 4.39 Å². The lowest BCUT2D eigenvalue weighted by atomic mass is 9.60. The monoisotopic (exact) mass is 369 g/mol. The van der Waals surface area contributed by atoms with Crippen molar-refractivity contribution in [1.82, 2.24) is 5.32 Å². The van der Waals surface area contributed by atoms with Crippen LogP contribution in [0.2, 0.25) is 0 Å². The second kappa shape index (κ2) is 7.16. The molecule has 26 heavy (non-hydrogen) atoms. The second-order valence-corrected chi connectivity index (χ2v) is 9.41. The SMILES string of the molecule is CC12CC=C3C(F)C4(O)CC(O)CCC4CC[C@]3(O)C1CCC2.CNC. The van der Waals surface area contributed by atoms with E-state index in [0.29, 0.717) is 31.3 Å². The largest absolute Gasteiger partial charge is 0.393 e. The van der Waals surface area contributed by atoms with E-state index >= 15 is 4.39 Å². The highest BCUT2D eigenvalue weighted by Gasteiger charge is 2.61. The lowest BCUT2D eigenvalue weighted by Gasteiger charge is -2.49. The van der Waals surface area contributed by atoms with Crippen LogP contribution in [0.3, 0.4) is 0 Å². The van der Waals surface area contributed by atoms with Crippen molar-refractivity contribution in [3.8, 4) is 0 Å². The van der Waals surface area contributed by atoms with Crippen LogP contribution in [0, 0.1) is 17.3 Å². The summed E-state index contributed by atoms with van der Waals surface area (Å²) in [6.07, 6.45) is 6.15. The van der Waals surface area contributed by atoms with Gasteiger partial charge in [-0.3, -0.25) is 0 Å². The molecule has 0 aromatic heterocycles. The predicted molar refractivity (Wildman–Crippen MR) is 101 cm³/mol. The molecule has 0 spiro atoms. The van der Waals surface area contributed by atoms with Crippen molar-refractivity contribution in [3.05, 3.63) is 11.6 Å². The van der Waals surface area contributed by atoms with E-state index in [2.05, 4.69) is 12.2 Å². The molecule has 4 rings (SSSR count). The van der Waals surface area contributed by atoms with E-state index in [1.807, 2.05) is 20.2 Å². The van der Waals surface area contributed by atoms with Gasteiger partial charge in [0.25, 0.3) is 0 Å². The van der Waals surface area contributed by atoms with Crippen molar-refractivity contribution < 1.29 is 19.7 Å². The third-order valence-corrected chi connectivity index (χ3v) is 7.65. The van der Waals surface area contributed by atoms with Gasteiger partial charge in [0.15, 0.2) is 6.17 Å². The molecule has 4 N–H and O–H groups in total. The number of aliphatic hydroxyl groups is 3. The van der Waals surface area contributed by atoms with E-state index in [4.69, 9.17) is 0 Å². The van der Waals surface area contributed by atoms with Gasteiger partial charge in [-0.15, -0.1) is 0 Å². The second-order valence-electron chi connectivity index (χ2n) is 9.41. The van der Waals surface area contributed by atoms with Crippen LogP contribution in [-0.2, 0) is 0 Å². The highest BCUT2D eigenvalue weighted by molar-refractivity contribution is 5.34. The Labute approximate surface area is 156 Å². The normalized spacial score (nSPS) is 50.3. The van der Waals surface area contributed by atoms with Crippen LogP contribution in [0.1, 0.15) is 64.7 Å². The summed E-state index contributed by atoms with van der Waals surface area (Å²) < 4.78 is 15.5. The van der Waals surface area contributed by atoms with E-state index in [1.54, 1.807) is 0 Å². The molecular formula is C21H36FNO3. The minimum Gasteiger partial charge on any atom is -0.393 e. The predicted octanol–water partition coefficient (Wildman–Crippen LogP) is 2.71. The Morgan fingerprint density at radius 1 is 1.12 bits per heavy atom. The van der Waals surface area contributed by atoms with Gasteiger partial charge in [0, 0.05) is 6.42 Å². The molecule has 4 aliphatic rings. The first kappa shape index (κ1) is 20.2. The Kier molecular flexibility index (Phi) is 5.57. The molecule has 0 radical (unpaired) electrons. The minimum atomic E-state index is -1.56. The average molecular weight is 370 g/mol. The number of rotatable bonds is 0. The van der Waals surface area contributed by atoms with Gasteiger partial charge in [0.05, 0.1) is 11.7 Å². The lowest BCUT2D eigenvalue weighted by Crippen LogP contribution is -2.55. The summed E-state index contributed by atoms with van der Waals surface area (Å²) >= 11 is 0. The smallest absolute Gasteiger partial charge is 0.153 e. The third-order valence-electron chi connectivity index (χ3n) is 7.65. The first-order valence-corrected chi connectivity index (χ1v) is 10.3. The Bertz CT molecular complexity index is 555. The van der Waals surface area contributed by atoms with Crippen LogP contribution >= 0.6 is 0 Å². The Balaban J connectivity index is 0.000000613. The van der Waals surface area contributed by atoms with Gasteiger partial charge < -0.3 is 20.6 Å². The van der Waals surface area contributed by atoms with Crippen molar-refractivity contribution in [2.24, 2.45) is 17.3 Å². The number of nitrogens with one attached hydrogen (secondary N) is 1. The van der Waals surface area contributed by atoms with E-state index in [1.165, 1.54) is 0 Å². The van der Waals surface area contributed by atoms with Crippen molar-refractivity contribution in [1.29, 1.82) is 0 Å². The fourth-order valence-corrected chi connectivity index (χ4v) is 6.31. The Morgan fingerprint density at radius 3 is 2.50 bits per heavy atom. The molecule has 5 heteroatoms. The number of hydrogen-bond acceptors (Lipinski definition) is 4. The maximum absolute atomic E-state index is 15.5. The third kappa shape index (κ3) is 3.05. The maximum Gasteiger partial charge on any atom is 0.153 e. The minimum absolute atomic E-state index is 0.0651. The summed E-state index contributed by atoms with van der Waals surface area (Å²) in [5, 5.41) is 35.3.